The van der Waals surface area contributed by atoms with Crippen LogP contribution in [0.4, 0.5) is 11.4 Å². The van der Waals surface area contributed by atoms with Crippen LogP contribution in [-0.2, 0) is 0 Å². The van der Waals surface area contributed by atoms with E-state index in [1.807, 2.05) is 11.0 Å². The van der Waals surface area contributed by atoms with Crippen LogP contribution < -0.4 is 16.0 Å². The molecular formula is C23H36N4O. The highest BCUT2D eigenvalue weighted by atomic mass is 16.2. The molecular weight excluding hydrogens is 348 g/mol. The first kappa shape index (κ1) is 19.6. The quantitative estimate of drug-likeness (QED) is 0.711. The van der Waals surface area contributed by atoms with E-state index in [-0.39, 0.29) is 5.91 Å². The van der Waals surface area contributed by atoms with Gasteiger partial charge in [0.2, 0.25) is 0 Å². The third kappa shape index (κ3) is 4.99. The Balaban J connectivity index is 1.52. The maximum Gasteiger partial charge on any atom is 0.254 e. The molecule has 1 amide bonds. The number of carbonyl (C=O) groups is 1. The van der Waals surface area contributed by atoms with Crippen LogP contribution in [0.5, 0.6) is 0 Å². The Bertz CT molecular complexity index is 644. The summed E-state index contributed by atoms with van der Waals surface area (Å²) < 4.78 is 0. The van der Waals surface area contributed by atoms with Crippen molar-refractivity contribution >= 4 is 17.3 Å². The molecule has 0 atom stereocenters. The average Bonchev–Trinajstić information content (AvgIpc) is 2.76. The standard InChI is InChI=1S/C23H36N4O/c28-23(27-15-13-24-14-16-27)18-11-12-21(25-19-7-3-1-4-8-19)22(17-18)26-20-9-5-2-6-10-20/h11-12,17,19-20,24-26H,1-10,13-16H2. The van der Waals surface area contributed by atoms with Gasteiger partial charge in [0.15, 0.2) is 0 Å². The van der Waals surface area contributed by atoms with Crippen LogP contribution in [0.2, 0.25) is 0 Å². The molecule has 2 saturated carbocycles. The van der Waals surface area contributed by atoms with Crippen molar-refractivity contribution in [2.75, 3.05) is 36.8 Å². The molecule has 3 aliphatic rings. The lowest BCUT2D eigenvalue weighted by Crippen LogP contribution is -2.46. The van der Waals surface area contributed by atoms with Crippen molar-refractivity contribution in [2.24, 2.45) is 0 Å². The van der Waals surface area contributed by atoms with Crippen molar-refractivity contribution in [3.8, 4) is 0 Å². The summed E-state index contributed by atoms with van der Waals surface area (Å²) in [5.74, 6) is 0.164. The Hall–Kier alpha value is -1.75. The second-order valence-corrected chi connectivity index (χ2v) is 8.76. The molecule has 3 fully saturated rings. The number of rotatable bonds is 5. The zero-order valence-corrected chi connectivity index (χ0v) is 17.1. The molecule has 2 aliphatic carbocycles. The van der Waals surface area contributed by atoms with Gasteiger partial charge in [-0.1, -0.05) is 38.5 Å². The number of hydrogen-bond donors (Lipinski definition) is 3. The van der Waals surface area contributed by atoms with Crippen LogP contribution in [0.15, 0.2) is 18.2 Å². The number of amides is 1. The topological polar surface area (TPSA) is 56.4 Å². The largest absolute Gasteiger partial charge is 0.381 e. The predicted molar refractivity (Wildman–Crippen MR) is 116 cm³/mol. The van der Waals surface area contributed by atoms with Crippen molar-refractivity contribution in [3.63, 3.8) is 0 Å². The maximum atomic E-state index is 13.0. The van der Waals surface area contributed by atoms with E-state index in [0.29, 0.717) is 12.1 Å². The summed E-state index contributed by atoms with van der Waals surface area (Å²) in [5, 5.41) is 10.9. The molecule has 1 aromatic rings. The number of hydrogen-bond acceptors (Lipinski definition) is 4. The fourth-order valence-electron chi connectivity index (χ4n) is 4.91. The van der Waals surface area contributed by atoms with Crippen LogP contribution in [0, 0.1) is 0 Å². The lowest BCUT2D eigenvalue weighted by atomic mass is 9.94. The van der Waals surface area contributed by atoms with Gasteiger partial charge in [-0.05, 0) is 43.9 Å². The highest BCUT2D eigenvalue weighted by Gasteiger charge is 2.22. The maximum absolute atomic E-state index is 13.0. The first-order valence-electron chi connectivity index (χ1n) is 11.5. The fourth-order valence-corrected chi connectivity index (χ4v) is 4.91. The van der Waals surface area contributed by atoms with Crippen molar-refractivity contribution in [1.29, 1.82) is 0 Å². The molecule has 1 heterocycles. The predicted octanol–water partition coefficient (Wildman–Crippen LogP) is 4.22. The van der Waals surface area contributed by atoms with Gasteiger partial charge in [-0.3, -0.25) is 4.79 Å². The Morgan fingerprint density at radius 1 is 0.821 bits per heavy atom. The van der Waals surface area contributed by atoms with Gasteiger partial charge in [0.25, 0.3) is 5.91 Å². The fraction of sp³-hybridized carbons (Fsp3) is 0.696. The first-order chi connectivity index (χ1) is 13.8. The molecule has 0 bridgehead atoms. The van der Waals surface area contributed by atoms with Gasteiger partial charge in [-0.15, -0.1) is 0 Å². The smallest absolute Gasteiger partial charge is 0.254 e. The summed E-state index contributed by atoms with van der Waals surface area (Å²) in [7, 11) is 0. The number of nitrogens with zero attached hydrogens (tertiary/aromatic N) is 1. The van der Waals surface area contributed by atoms with E-state index < -0.39 is 0 Å². The van der Waals surface area contributed by atoms with Crippen LogP contribution in [0.25, 0.3) is 0 Å². The minimum Gasteiger partial charge on any atom is -0.381 e. The van der Waals surface area contributed by atoms with Gasteiger partial charge in [0, 0.05) is 43.8 Å². The van der Waals surface area contributed by atoms with Crippen LogP contribution in [0.3, 0.4) is 0 Å². The minimum absolute atomic E-state index is 0.164. The SMILES string of the molecule is O=C(c1ccc(NC2CCCCC2)c(NC2CCCCC2)c1)N1CCNCC1. The zero-order valence-electron chi connectivity index (χ0n) is 17.1. The molecule has 1 aromatic carbocycles. The van der Waals surface area contributed by atoms with E-state index in [4.69, 9.17) is 0 Å². The highest BCUT2D eigenvalue weighted by molar-refractivity contribution is 5.96. The molecule has 154 valence electrons. The van der Waals surface area contributed by atoms with E-state index in [1.54, 1.807) is 0 Å². The Labute approximate surface area is 169 Å². The van der Waals surface area contributed by atoms with Crippen molar-refractivity contribution in [3.05, 3.63) is 23.8 Å². The van der Waals surface area contributed by atoms with Gasteiger partial charge < -0.3 is 20.9 Å². The Kier molecular flexibility index (Phi) is 6.73. The second-order valence-electron chi connectivity index (χ2n) is 8.76. The summed E-state index contributed by atoms with van der Waals surface area (Å²) in [5.41, 5.74) is 3.11. The summed E-state index contributed by atoms with van der Waals surface area (Å²) in [4.78, 5) is 15.0. The lowest BCUT2D eigenvalue weighted by Gasteiger charge is -2.30. The van der Waals surface area contributed by atoms with Crippen LogP contribution in [0.1, 0.15) is 74.6 Å². The number of piperazine rings is 1. The van der Waals surface area contributed by atoms with Gasteiger partial charge in [-0.2, -0.15) is 0 Å². The first-order valence-corrected chi connectivity index (χ1v) is 11.5. The van der Waals surface area contributed by atoms with Crippen molar-refractivity contribution in [1.82, 2.24) is 10.2 Å². The van der Waals surface area contributed by atoms with Crippen molar-refractivity contribution in [2.45, 2.75) is 76.3 Å². The summed E-state index contributed by atoms with van der Waals surface area (Å²) in [6.07, 6.45) is 13.0. The molecule has 0 aromatic heterocycles. The highest BCUT2D eigenvalue weighted by Crippen LogP contribution is 2.31. The number of benzene rings is 1. The van der Waals surface area contributed by atoms with Gasteiger partial charge in [-0.25, -0.2) is 0 Å². The van der Waals surface area contributed by atoms with E-state index in [2.05, 4.69) is 28.1 Å². The second kappa shape index (κ2) is 9.64. The summed E-state index contributed by atoms with van der Waals surface area (Å²) in [6.45, 7) is 3.37. The van der Waals surface area contributed by atoms with Crippen molar-refractivity contribution < 1.29 is 4.79 Å². The normalized spacial score (nSPS) is 22.1. The summed E-state index contributed by atoms with van der Waals surface area (Å²) in [6, 6.07) is 7.35. The minimum atomic E-state index is 0.164. The third-order valence-electron chi connectivity index (χ3n) is 6.60. The molecule has 1 saturated heterocycles. The lowest BCUT2D eigenvalue weighted by molar-refractivity contribution is 0.0736. The van der Waals surface area contributed by atoms with Gasteiger partial charge in [0.05, 0.1) is 11.4 Å². The molecule has 1 aliphatic heterocycles. The molecule has 28 heavy (non-hydrogen) atoms. The molecule has 4 rings (SSSR count). The Morgan fingerprint density at radius 2 is 1.39 bits per heavy atom. The molecule has 0 spiro atoms. The van der Waals surface area contributed by atoms with E-state index >= 15 is 0 Å². The summed E-state index contributed by atoms with van der Waals surface area (Å²) >= 11 is 0. The average molecular weight is 385 g/mol. The monoisotopic (exact) mass is 384 g/mol. The third-order valence-corrected chi connectivity index (χ3v) is 6.60. The number of nitrogens with one attached hydrogen (secondary N) is 3. The molecule has 0 unspecified atom stereocenters. The molecule has 5 heteroatoms. The van der Waals surface area contributed by atoms with E-state index in [1.165, 1.54) is 69.9 Å². The van der Waals surface area contributed by atoms with Crippen LogP contribution in [-0.4, -0.2) is 49.1 Å². The van der Waals surface area contributed by atoms with E-state index in [0.717, 1.165) is 37.4 Å². The van der Waals surface area contributed by atoms with Crippen LogP contribution >= 0.6 is 0 Å². The van der Waals surface area contributed by atoms with Gasteiger partial charge in [0.1, 0.15) is 0 Å². The molecule has 0 radical (unpaired) electrons. The Morgan fingerprint density at radius 3 is 2.00 bits per heavy atom. The molecule has 5 nitrogen and oxygen atoms in total. The molecule has 3 N–H and O–H groups in total. The number of carbonyl (C=O) groups excluding carboxylic acids is 1. The van der Waals surface area contributed by atoms with Gasteiger partial charge >= 0.3 is 0 Å². The number of anilines is 2. The van der Waals surface area contributed by atoms with E-state index in [9.17, 15) is 4.79 Å². The zero-order chi connectivity index (χ0) is 19.2.